The number of nitrogens with zero attached hydrogens (tertiary/aromatic N) is 2. The van der Waals surface area contributed by atoms with Crippen LogP contribution in [0.2, 0.25) is 5.02 Å². The molecule has 184 valence electrons. The molecule has 1 N–H and O–H groups in total. The van der Waals surface area contributed by atoms with Crippen molar-refractivity contribution in [2.75, 3.05) is 22.8 Å². The second-order valence-corrected chi connectivity index (χ2v) is 11.5. The van der Waals surface area contributed by atoms with Gasteiger partial charge in [0, 0.05) is 23.2 Å². The molecule has 0 spiro atoms. The van der Waals surface area contributed by atoms with Crippen molar-refractivity contribution in [1.82, 2.24) is 4.98 Å². The van der Waals surface area contributed by atoms with E-state index in [1.54, 1.807) is 23.5 Å². The summed E-state index contributed by atoms with van der Waals surface area (Å²) in [7, 11) is -3.78. The molecule has 0 aliphatic carbocycles. The summed E-state index contributed by atoms with van der Waals surface area (Å²) in [6, 6.07) is 19.1. The zero-order chi connectivity index (χ0) is 25.3. The van der Waals surface area contributed by atoms with Crippen LogP contribution in [-0.2, 0) is 21.2 Å². The van der Waals surface area contributed by atoms with Gasteiger partial charge in [-0.2, -0.15) is 0 Å². The van der Waals surface area contributed by atoms with E-state index in [-0.39, 0.29) is 28.2 Å². The largest absolute Gasteiger partial charge is 0.482 e. The van der Waals surface area contributed by atoms with Crippen LogP contribution < -0.4 is 14.4 Å². The molecular formula is C26H22ClN3O4S2. The number of hydrogen-bond acceptors (Lipinski definition) is 6. The lowest BCUT2D eigenvalue weighted by atomic mass is 10.1. The Balaban J connectivity index is 1.24. The molecule has 0 fully saturated rings. The van der Waals surface area contributed by atoms with Gasteiger partial charge in [-0.25, -0.2) is 13.4 Å². The van der Waals surface area contributed by atoms with Crippen LogP contribution in [0.15, 0.2) is 77.0 Å². The normalized spacial score (nSPS) is 12.9. The number of fused-ring (bicyclic) bond motifs is 1. The molecule has 0 bridgehead atoms. The lowest BCUT2D eigenvalue weighted by Gasteiger charge is -2.20. The second-order valence-electron chi connectivity index (χ2n) is 8.22. The van der Waals surface area contributed by atoms with Gasteiger partial charge in [0.15, 0.2) is 6.61 Å². The molecule has 1 aliphatic rings. The lowest BCUT2D eigenvalue weighted by Crippen LogP contribution is -2.29. The number of sulfonamides is 1. The number of para-hydroxylation sites is 1. The SMILES string of the molecule is Cc1nc(-c2cccc(NC(=O)COc3ccc(S(=O)(=O)N4CCc5ccccc54)cc3Cl)c2)cs1. The Bertz CT molecular complexity index is 1550. The minimum absolute atomic E-state index is 0.0649. The van der Waals surface area contributed by atoms with Gasteiger partial charge in [-0.1, -0.05) is 41.9 Å². The monoisotopic (exact) mass is 539 g/mol. The van der Waals surface area contributed by atoms with Gasteiger partial charge in [0.05, 0.1) is 26.3 Å². The summed E-state index contributed by atoms with van der Waals surface area (Å²) in [5.74, 6) is -0.151. The molecule has 1 amide bonds. The average molecular weight is 540 g/mol. The van der Waals surface area contributed by atoms with Crippen LogP contribution in [0.5, 0.6) is 5.75 Å². The molecule has 0 saturated carbocycles. The molecule has 36 heavy (non-hydrogen) atoms. The minimum Gasteiger partial charge on any atom is -0.482 e. The van der Waals surface area contributed by atoms with E-state index in [9.17, 15) is 13.2 Å². The smallest absolute Gasteiger partial charge is 0.264 e. The van der Waals surface area contributed by atoms with Crippen LogP contribution in [-0.4, -0.2) is 32.5 Å². The molecule has 0 radical (unpaired) electrons. The number of hydrogen-bond donors (Lipinski definition) is 1. The van der Waals surface area contributed by atoms with Gasteiger partial charge in [-0.15, -0.1) is 11.3 Å². The van der Waals surface area contributed by atoms with Crippen LogP contribution in [0.1, 0.15) is 10.6 Å². The van der Waals surface area contributed by atoms with E-state index in [0.29, 0.717) is 24.3 Å². The number of halogens is 1. The van der Waals surface area contributed by atoms with Crippen molar-refractivity contribution in [3.8, 4) is 17.0 Å². The van der Waals surface area contributed by atoms with Crippen molar-refractivity contribution in [3.05, 3.63) is 87.7 Å². The minimum atomic E-state index is -3.78. The number of anilines is 2. The summed E-state index contributed by atoms with van der Waals surface area (Å²) >= 11 is 7.89. The first kappa shape index (κ1) is 24.3. The van der Waals surface area contributed by atoms with E-state index in [0.717, 1.165) is 21.8 Å². The third-order valence-electron chi connectivity index (χ3n) is 5.76. The Hall–Kier alpha value is -3.40. The number of amides is 1. The first-order valence-electron chi connectivity index (χ1n) is 11.2. The Kier molecular flexibility index (Phi) is 6.70. The van der Waals surface area contributed by atoms with Crippen LogP contribution in [0.4, 0.5) is 11.4 Å². The quantitative estimate of drug-likeness (QED) is 0.333. The van der Waals surface area contributed by atoms with Gasteiger partial charge in [-0.05, 0) is 55.3 Å². The summed E-state index contributed by atoms with van der Waals surface area (Å²) in [6.45, 7) is 2.03. The predicted octanol–water partition coefficient (Wildman–Crippen LogP) is 5.54. The molecule has 5 rings (SSSR count). The third kappa shape index (κ3) is 4.95. The first-order valence-corrected chi connectivity index (χ1v) is 13.9. The maximum atomic E-state index is 13.2. The summed E-state index contributed by atoms with van der Waals surface area (Å²) in [5.41, 5.74) is 4.04. The van der Waals surface area contributed by atoms with Gasteiger partial charge in [0.25, 0.3) is 15.9 Å². The number of benzene rings is 3. The van der Waals surface area contributed by atoms with Gasteiger partial charge >= 0.3 is 0 Å². The summed E-state index contributed by atoms with van der Waals surface area (Å²) in [4.78, 5) is 17.0. The molecule has 7 nitrogen and oxygen atoms in total. The van der Waals surface area contributed by atoms with E-state index < -0.39 is 10.0 Å². The fourth-order valence-corrected chi connectivity index (χ4v) is 6.49. The van der Waals surface area contributed by atoms with Crippen LogP contribution >= 0.6 is 22.9 Å². The van der Waals surface area contributed by atoms with Crippen molar-refractivity contribution >= 4 is 50.2 Å². The number of ether oxygens (including phenoxy) is 1. The molecule has 2 heterocycles. The predicted molar refractivity (Wildman–Crippen MR) is 143 cm³/mol. The van der Waals surface area contributed by atoms with E-state index in [4.69, 9.17) is 16.3 Å². The van der Waals surface area contributed by atoms with E-state index in [1.165, 1.54) is 22.5 Å². The summed E-state index contributed by atoms with van der Waals surface area (Å²) in [5, 5.41) is 5.84. The van der Waals surface area contributed by atoms with E-state index in [2.05, 4.69) is 10.3 Å². The summed E-state index contributed by atoms with van der Waals surface area (Å²) in [6.07, 6.45) is 0.658. The number of rotatable bonds is 7. The van der Waals surface area contributed by atoms with Gasteiger partial charge < -0.3 is 10.1 Å². The molecule has 1 aromatic heterocycles. The number of carbonyl (C=O) groups is 1. The Morgan fingerprint density at radius 2 is 1.97 bits per heavy atom. The van der Waals surface area contributed by atoms with Gasteiger partial charge in [0.1, 0.15) is 5.75 Å². The number of thiazole rings is 1. The molecule has 4 aromatic rings. The van der Waals surface area contributed by atoms with Gasteiger partial charge in [-0.3, -0.25) is 9.10 Å². The van der Waals surface area contributed by atoms with Crippen molar-refractivity contribution in [1.29, 1.82) is 0 Å². The van der Waals surface area contributed by atoms with Crippen molar-refractivity contribution in [2.24, 2.45) is 0 Å². The maximum Gasteiger partial charge on any atom is 0.264 e. The number of nitrogens with one attached hydrogen (secondary N) is 1. The standard InChI is InChI=1S/C26H22ClN3O4S2/c1-17-28-23(16-35-17)19-6-4-7-20(13-19)29-26(31)15-34-25-10-9-21(14-22(25)27)36(32,33)30-12-11-18-5-2-3-8-24(18)30/h2-10,13-14,16H,11-12,15H2,1H3,(H,29,31). The highest BCUT2D eigenvalue weighted by molar-refractivity contribution is 7.92. The molecule has 1 aliphatic heterocycles. The van der Waals surface area contributed by atoms with Crippen molar-refractivity contribution < 1.29 is 17.9 Å². The number of aryl methyl sites for hydroxylation is 1. The molecule has 10 heteroatoms. The number of carbonyl (C=O) groups excluding carboxylic acids is 1. The van der Waals surface area contributed by atoms with Crippen LogP contribution in [0.25, 0.3) is 11.3 Å². The topological polar surface area (TPSA) is 88.6 Å². The highest BCUT2D eigenvalue weighted by atomic mass is 35.5. The summed E-state index contributed by atoms with van der Waals surface area (Å²) < 4.78 is 33.4. The van der Waals surface area contributed by atoms with E-state index in [1.807, 2.05) is 48.7 Å². The number of aromatic nitrogens is 1. The fraction of sp³-hybridized carbons (Fsp3) is 0.154. The third-order valence-corrected chi connectivity index (χ3v) is 8.63. The van der Waals surface area contributed by atoms with Crippen molar-refractivity contribution in [2.45, 2.75) is 18.2 Å². The molecule has 0 atom stereocenters. The van der Waals surface area contributed by atoms with Crippen molar-refractivity contribution in [3.63, 3.8) is 0 Å². The maximum absolute atomic E-state index is 13.2. The van der Waals surface area contributed by atoms with E-state index >= 15 is 0 Å². The molecule has 3 aromatic carbocycles. The zero-order valence-electron chi connectivity index (χ0n) is 19.3. The highest BCUT2D eigenvalue weighted by Gasteiger charge is 2.31. The van der Waals surface area contributed by atoms with Crippen LogP contribution in [0.3, 0.4) is 0 Å². The lowest BCUT2D eigenvalue weighted by molar-refractivity contribution is -0.118. The van der Waals surface area contributed by atoms with Gasteiger partial charge in [0.2, 0.25) is 0 Å². The second kappa shape index (κ2) is 9.93. The average Bonchev–Trinajstić information content (AvgIpc) is 3.50. The Morgan fingerprint density at radius 1 is 1.14 bits per heavy atom. The zero-order valence-corrected chi connectivity index (χ0v) is 21.7. The highest BCUT2D eigenvalue weighted by Crippen LogP contribution is 2.35. The fourth-order valence-electron chi connectivity index (χ4n) is 4.04. The Morgan fingerprint density at radius 3 is 2.75 bits per heavy atom. The Labute approximate surface area is 218 Å². The first-order chi connectivity index (χ1) is 17.3. The molecular weight excluding hydrogens is 518 g/mol. The molecule has 0 saturated heterocycles. The molecule has 0 unspecified atom stereocenters. The van der Waals surface area contributed by atoms with Crippen LogP contribution in [0, 0.1) is 6.92 Å².